The number of aromatic nitrogens is 4. The number of nitrogens with one attached hydrogen (secondary N) is 1. The Bertz CT molecular complexity index is 1160. The number of hydrogen-bond acceptors (Lipinski definition) is 5. The Morgan fingerprint density at radius 1 is 1.13 bits per heavy atom. The van der Waals surface area contributed by atoms with Crippen LogP contribution in [0.3, 0.4) is 0 Å². The molecule has 4 aromatic rings. The highest BCUT2D eigenvalue weighted by atomic mass is 79.9. The van der Waals surface area contributed by atoms with Gasteiger partial charge >= 0.3 is 0 Å². The van der Waals surface area contributed by atoms with Crippen molar-refractivity contribution < 1.29 is 9.32 Å². The lowest BCUT2D eigenvalue weighted by Crippen LogP contribution is -2.23. The molecule has 0 aliphatic rings. The van der Waals surface area contributed by atoms with Gasteiger partial charge in [0.15, 0.2) is 0 Å². The van der Waals surface area contributed by atoms with Crippen LogP contribution < -0.4 is 5.32 Å². The monoisotopic (exact) mass is 465 g/mol. The van der Waals surface area contributed by atoms with Gasteiger partial charge in [0.05, 0.1) is 16.9 Å². The van der Waals surface area contributed by atoms with E-state index in [9.17, 15) is 4.79 Å². The van der Waals surface area contributed by atoms with Crippen molar-refractivity contribution in [1.82, 2.24) is 25.2 Å². The Morgan fingerprint density at radius 3 is 2.53 bits per heavy atom. The van der Waals surface area contributed by atoms with E-state index in [1.165, 1.54) is 0 Å². The molecule has 8 heteroatoms. The molecular formula is C22H20BrN5O2. The molecule has 1 amide bonds. The van der Waals surface area contributed by atoms with Gasteiger partial charge in [-0.2, -0.15) is 10.1 Å². The van der Waals surface area contributed by atoms with E-state index in [0.29, 0.717) is 35.9 Å². The van der Waals surface area contributed by atoms with Crippen molar-refractivity contribution in [3.63, 3.8) is 0 Å². The highest BCUT2D eigenvalue weighted by Gasteiger charge is 2.14. The predicted molar refractivity (Wildman–Crippen MR) is 116 cm³/mol. The van der Waals surface area contributed by atoms with E-state index < -0.39 is 0 Å². The fourth-order valence-corrected chi connectivity index (χ4v) is 3.24. The summed E-state index contributed by atoms with van der Waals surface area (Å²) in [7, 11) is 0. The van der Waals surface area contributed by atoms with Crippen molar-refractivity contribution in [3.8, 4) is 17.1 Å². The second-order valence-electron chi connectivity index (χ2n) is 6.79. The summed E-state index contributed by atoms with van der Waals surface area (Å²) in [6.45, 7) is 4.24. The van der Waals surface area contributed by atoms with Crippen LogP contribution in [0.5, 0.6) is 0 Å². The van der Waals surface area contributed by atoms with Crippen LogP contribution in [0.1, 0.15) is 34.4 Å². The van der Waals surface area contributed by atoms with Crippen LogP contribution >= 0.6 is 15.9 Å². The Morgan fingerprint density at radius 2 is 1.87 bits per heavy atom. The second-order valence-corrected chi connectivity index (χ2v) is 7.71. The molecule has 0 atom stereocenters. The molecule has 0 aliphatic carbocycles. The van der Waals surface area contributed by atoms with Gasteiger partial charge in [-0.05, 0) is 48.9 Å². The van der Waals surface area contributed by atoms with Crippen molar-refractivity contribution in [3.05, 3.63) is 81.9 Å². The average Bonchev–Trinajstić information content (AvgIpc) is 3.40. The number of carbonyl (C=O) groups is 1. The minimum atomic E-state index is -0.155. The first-order chi connectivity index (χ1) is 14.5. The summed E-state index contributed by atoms with van der Waals surface area (Å²) in [5, 5.41) is 11.4. The maximum absolute atomic E-state index is 12.6. The lowest BCUT2D eigenvalue weighted by molar-refractivity contribution is 0.0950. The summed E-state index contributed by atoms with van der Waals surface area (Å²) < 4.78 is 7.86. The fraction of sp³-hybridized carbons (Fsp3) is 0.182. The largest absolute Gasteiger partial charge is 0.348 e. The van der Waals surface area contributed by atoms with E-state index in [4.69, 9.17) is 4.52 Å². The quantitative estimate of drug-likeness (QED) is 0.453. The Kier molecular flexibility index (Phi) is 5.76. The van der Waals surface area contributed by atoms with E-state index in [1.807, 2.05) is 62.4 Å². The first-order valence-corrected chi connectivity index (χ1v) is 10.3. The van der Waals surface area contributed by atoms with Crippen LogP contribution in [-0.4, -0.2) is 25.8 Å². The molecule has 30 heavy (non-hydrogen) atoms. The number of carbonyl (C=O) groups excluding carboxylic acids is 1. The molecule has 0 saturated heterocycles. The maximum atomic E-state index is 12.6. The third-order valence-electron chi connectivity index (χ3n) is 4.67. The summed E-state index contributed by atoms with van der Waals surface area (Å²) in [5.74, 6) is 1.01. The van der Waals surface area contributed by atoms with Crippen LogP contribution in [0, 0.1) is 6.92 Å². The SMILES string of the molecule is CCc1nc(-c2ccc(-n3cc(C(=O)NCc4ccc(Br)cc4)c(C)n3)cc2)no1. The van der Waals surface area contributed by atoms with E-state index in [-0.39, 0.29) is 5.91 Å². The Balaban J connectivity index is 1.47. The first kappa shape index (κ1) is 20.0. The van der Waals surface area contributed by atoms with Gasteiger partial charge < -0.3 is 9.84 Å². The molecule has 0 aliphatic heterocycles. The van der Waals surface area contributed by atoms with Crippen molar-refractivity contribution in [1.29, 1.82) is 0 Å². The molecule has 1 N–H and O–H groups in total. The standard InChI is InChI=1S/C22H20BrN5O2/c1-3-20-25-21(27-30-20)16-6-10-18(11-7-16)28-13-19(14(2)26-28)22(29)24-12-15-4-8-17(23)9-5-15/h4-11,13H,3,12H2,1-2H3,(H,24,29). The average molecular weight is 466 g/mol. The number of nitrogens with zero attached hydrogens (tertiary/aromatic N) is 4. The van der Waals surface area contributed by atoms with Crippen LogP contribution in [0.25, 0.3) is 17.1 Å². The fourth-order valence-electron chi connectivity index (χ4n) is 2.97. The zero-order chi connectivity index (χ0) is 21.1. The van der Waals surface area contributed by atoms with Crippen LogP contribution in [-0.2, 0) is 13.0 Å². The van der Waals surface area contributed by atoms with E-state index >= 15 is 0 Å². The Hall–Kier alpha value is -3.26. The number of aryl methyl sites for hydroxylation is 2. The van der Waals surface area contributed by atoms with Crippen molar-refractivity contribution in [2.24, 2.45) is 0 Å². The number of amides is 1. The van der Waals surface area contributed by atoms with Crippen molar-refractivity contribution in [2.45, 2.75) is 26.8 Å². The molecule has 0 unspecified atom stereocenters. The van der Waals surface area contributed by atoms with Gasteiger partial charge in [-0.15, -0.1) is 0 Å². The summed E-state index contributed by atoms with van der Waals surface area (Å²) in [4.78, 5) is 17.0. The van der Waals surface area contributed by atoms with Crippen molar-refractivity contribution in [2.75, 3.05) is 0 Å². The molecule has 2 heterocycles. The molecule has 0 spiro atoms. The lowest BCUT2D eigenvalue weighted by Gasteiger charge is -2.04. The van der Waals surface area contributed by atoms with Gasteiger partial charge in [-0.3, -0.25) is 4.79 Å². The maximum Gasteiger partial charge on any atom is 0.255 e. The third kappa shape index (κ3) is 4.33. The second kappa shape index (κ2) is 8.62. The normalized spacial score (nSPS) is 10.9. The highest BCUT2D eigenvalue weighted by Crippen LogP contribution is 2.19. The minimum Gasteiger partial charge on any atom is -0.348 e. The molecular weight excluding hydrogens is 446 g/mol. The summed E-state index contributed by atoms with van der Waals surface area (Å²) in [5.41, 5.74) is 3.94. The molecule has 0 radical (unpaired) electrons. The van der Waals surface area contributed by atoms with Crippen LogP contribution in [0.4, 0.5) is 0 Å². The lowest BCUT2D eigenvalue weighted by atomic mass is 10.2. The van der Waals surface area contributed by atoms with Gasteiger partial charge in [0.25, 0.3) is 5.91 Å². The molecule has 2 aromatic heterocycles. The smallest absolute Gasteiger partial charge is 0.255 e. The van der Waals surface area contributed by atoms with Crippen LogP contribution in [0.2, 0.25) is 0 Å². The molecule has 0 fully saturated rings. The number of rotatable bonds is 6. The van der Waals surface area contributed by atoms with E-state index in [1.54, 1.807) is 10.9 Å². The summed E-state index contributed by atoms with van der Waals surface area (Å²) in [6, 6.07) is 15.5. The van der Waals surface area contributed by atoms with E-state index in [2.05, 4.69) is 36.5 Å². The van der Waals surface area contributed by atoms with Crippen LogP contribution in [0.15, 0.2) is 63.7 Å². The molecule has 4 rings (SSSR count). The topological polar surface area (TPSA) is 85.8 Å². The van der Waals surface area contributed by atoms with Crippen molar-refractivity contribution >= 4 is 21.8 Å². The molecule has 0 bridgehead atoms. The molecule has 2 aromatic carbocycles. The molecule has 0 saturated carbocycles. The van der Waals surface area contributed by atoms with Gasteiger partial charge in [-0.25, -0.2) is 4.68 Å². The highest BCUT2D eigenvalue weighted by molar-refractivity contribution is 9.10. The van der Waals surface area contributed by atoms with Gasteiger partial charge in [0.2, 0.25) is 11.7 Å². The minimum absolute atomic E-state index is 0.155. The Labute approximate surface area is 182 Å². The third-order valence-corrected chi connectivity index (χ3v) is 5.20. The van der Waals surface area contributed by atoms with E-state index in [0.717, 1.165) is 21.3 Å². The summed E-state index contributed by atoms with van der Waals surface area (Å²) >= 11 is 3.41. The summed E-state index contributed by atoms with van der Waals surface area (Å²) in [6.07, 6.45) is 2.44. The molecule has 152 valence electrons. The number of hydrogen-bond donors (Lipinski definition) is 1. The van der Waals surface area contributed by atoms with Gasteiger partial charge in [0, 0.05) is 29.2 Å². The zero-order valence-corrected chi connectivity index (χ0v) is 18.2. The zero-order valence-electron chi connectivity index (χ0n) is 16.6. The molecule has 7 nitrogen and oxygen atoms in total. The first-order valence-electron chi connectivity index (χ1n) is 9.56. The predicted octanol–water partition coefficient (Wildman–Crippen LogP) is 4.49. The number of benzene rings is 2. The number of halogens is 1. The van der Waals surface area contributed by atoms with Gasteiger partial charge in [-0.1, -0.05) is 40.1 Å². The van der Waals surface area contributed by atoms with Gasteiger partial charge in [0.1, 0.15) is 0 Å².